The molecule has 0 fully saturated rings. The molecule has 6 nitrogen and oxygen atoms in total. The minimum absolute atomic E-state index is 0.125. The highest BCUT2D eigenvalue weighted by atomic mass is 16.3. The summed E-state index contributed by atoms with van der Waals surface area (Å²) in [5.41, 5.74) is 0. The van der Waals surface area contributed by atoms with Gasteiger partial charge < -0.3 is 30.6 Å². The summed E-state index contributed by atoms with van der Waals surface area (Å²) in [4.78, 5) is 0. The topological polar surface area (TPSA) is 121 Å². The summed E-state index contributed by atoms with van der Waals surface area (Å²) in [7, 11) is 0. The maximum atomic E-state index is 8.38. The lowest BCUT2D eigenvalue weighted by atomic mass is 10.3. The predicted octanol–water partition coefficient (Wildman–Crippen LogP) is -1.92. The normalized spacial score (nSPS) is 15.0. The van der Waals surface area contributed by atoms with Crippen LogP contribution in [0.5, 0.6) is 0 Å². The summed E-state index contributed by atoms with van der Waals surface area (Å²) in [5, 5.41) is 48.0. The molecule has 0 heterocycles. The quantitative estimate of drug-likeness (QED) is 0.335. The van der Waals surface area contributed by atoms with Gasteiger partial charge in [-0.3, -0.25) is 0 Å². The third kappa shape index (κ3) is 41.6. The van der Waals surface area contributed by atoms with Gasteiger partial charge in [0, 0.05) is 0 Å². The van der Waals surface area contributed by atoms with Gasteiger partial charge in [-0.15, -0.1) is 0 Å². The van der Waals surface area contributed by atoms with Crippen molar-refractivity contribution in [3.63, 3.8) is 0 Å². The number of aliphatic hydroxyl groups excluding tert-OH is 6. The van der Waals surface area contributed by atoms with Gasteiger partial charge in [-0.25, -0.2) is 0 Å². The van der Waals surface area contributed by atoms with Gasteiger partial charge in [0.25, 0.3) is 0 Å². The van der Waals surface area contributed by atoms with Gasteiger partial charge in [-0.05, 0) is 20.8 Å². The van der Waals surface area contributed by atoms with Gasteiger partial charge in [0.1, 0.15) is 0 Å². The van der Waals surface area contributed by atoms with Gasteiger partial charge in [0.15, 0.2) is 0 Å². The zero-order valence-corrected chi connectivity index (χ0v) is 9.54. The molecule has 0 saturated heterocycles. The molecule has 0 aliphatic rings. The zero-order chi connectivity index (χ0) is 12.9. The molecule has 6 N–H and O–H groups in total. The van der Waals surface area contributed by atoms with Gasteiger partial charge >= 0.3 is 0 Å². The maximum absolute atomic E-state index is 8.38. The van der Waals surface area contributed by atoms with E-state index < -0.39 is 18.3 Å². The van der Waals surface area contributed by atoms with E-state index in [0.717, 1.165) is 0 Å². The van der Waals surface area contributed by atoms with Crippen LogP contribution in [0.4, 0.5) is 0 Å². The Hall–Kier alpha value is -0.240. The minimum Gasteiger partial charge on any atom is -0.394 e. The van der Waals surface area contributed by atoms with Crippen molar-refractivity contribution >= 4 is 0 Å². The Bertz CT molecular complexity index is 86.6. The minimum atomic E-state index is -0.593. The predicted molar refractivity (Wildman–Crippen MR) is 56.3 cm³/mol. The molecule has 3 unspecified atom stereocenters. The van der Waals surface area contributed by atoms with Crippen LogP contribution in [0.2, 0.25) is 0 Å². The van der Waals surface area contributed by atoms with E-state index in [1.165, 1.54) is 6.92 Å². The van der Waals surface area contributed by atoms with Crippen molar-refractivity contribution in [3.8, 4) is 0 Å². The molecule has 15 heavy (non-hydrogen) atoms. The molecule has 0 radical (unpaired) electrons. The second-order valence-corrected chi connectivity index (χ2v) is 2.96. The first-order chi connectivity index (χ1) is 6.83. The second kappa shape index (κ2) is 16.2. The van der Waals surface area contributed by atoms with E-state index in [0.29, 0.717) is 0 Å². The van der Waals surface area contributed by atoms with Gasteiger partial charge in [-0.1, -0.05) is 0 Å². The van der Waals surface area contributed by atoms with Crippen molar-refractivity contribution in [2.24, 2.45) is 0 Å². The summed E-state index contributed by atoms with van der Waals surface area (Å²) >= 11 is 0. The lowest BCUT2D eigenvalue weighted by molar-refractivity contribution is 0.0438. The van der Waals surface area contributed by atoms with Crippen LogP contribution in [-0.4, -0.2) is 68.8 Å². The van der Waals surface area contributed by atoms with Crippen LogP contribution in [0, 0.1) is 0 Å². The molecule has 0 aromatic carbocycles. The Balaban J connectivity index is -0.000000147. The van der Waals surface area contributed by atoms with E-state index in [1.807, 2.05) is 0 Å². The van der Waals surface area contributed by atoms with Crippen molar-refractivity contribution in [1.29, 1.82) is 0 Å². The van der Waals surface area contributed by atoms with Crippen LogP contribution in [-0.2, 0) is 0 Å². The SMILES string of the molecule is CC(O)C(C)O.CC(O)CO.OCCO. The van der Waals surface area contributed by atoms with Crippen LogP contribution in [0.25, 0.3) is 0 Å². The van der Waals surface area contributed by atoms with Gasteiger partial charge in [0.05, 0.1) is 38.1 Å². The molecule has 0 aromatic rings. The molecule has 0 saturated carbocycles. The number of hydrogen-bond acceptors (Lipinski definition) is 6. The summed E-state index contributed by atoms with van der Waals surface area (Å²) in [5.74, 6) is 0. The second-order valence-electron chi connectivity index (χ2n) is 2.96. The number of hydrogen-bond donors (Lipinski definition) is 6. The third-order valence-corrected chi connectivity index (χ3v) is 1.06. The van der Waals surface area contributed by atoms with Crippen molar-refractivity contribution in [2.45, 2.75) is 39.1 Å². The Morgan fingerprint density at radius 1 is 0.733 bits per heavy atom. The average molecular weight is 228 g/mol. The molecular formula is C9H24O6. The van der Waals surface area contributed by atoms with E-state index in [-0.39, 0.29) is 19.8 Å². The highest BCUT2D eigenvalue weighted by Crippen LogP contribution is 1.85. The first-order valence-electron chi connectivity index (χ1n) is 4.70. The molecular weight excluding hydrogens is 204 g/mol. The Morgan fingerprint density at radius 2 is 0.933 bits per heavy atom. The summed E-state index contributed by atoms with van der Waals surface area (Å²) in [6, 6.07) is 0. The average Bonchev–Trinajstić information content (AvgIpc) is 2.19. The highest BCUT2D eigenvalue weighted by molar-refractivity contribution is 4.50. The van der Waals surface area contributed by atoms with E-state index >= 15 is 0 Å². The molecule has 0 aromatic heterocycles. The number of aliphatic hydroxyl groups is 6. The Morgan fingerprint density at radius 3 is 0.933 bits per heavy atom. The van der Waals surface area contributed by atoms with Gasteiger partial charge in [-0.2, -0.15) is 0 Å². The first kappa shape index (κ1) is 20.2. The zero-order valence-electron chi connectivity index (χ0n) is 9.54. The molecule has 0 aliphatic carbocycles. The monoisotopic (exact) mass is 228 g/mol. The van der Waals surface area contributed by atoms with Crippen LogP contribution in [0.1, 0.15) is 20.8 Å². The fourth-order valence-corrected chi connectivity index (χ4v) is 0. The molecule has 0 amide bonds. The molecule has 6 heteroatoms. The molecule has 96 valence electrons. The highest BCUT2D eigenvalue weighted by Gasteiger charge is 1.99. The van der Waals surface area contributed by atoms with E-state index in [2.05, 4.69) is 0 Å². The van der Waals surface area contributed by atoms with Crippen molar-refractivity contribution in [3.05, 3.63) is 0 Å². The summed E-state index contributed by atoms with van der Waals surface area (Å²) in [6.45, 7) is 4.23. The molecule has 0 spiro atoms. The first-order valence-corrected chi connectivity index (χ1v) is 4.70. The Labute approximate surface area is 90.4 Å². The standard InChI is InChI=1S/C4H10O2.C3H8O2.C2H6O2/c1-3(5)4(2)6;1-3(5)2-4;3-1-2-4/h3-6H,1-2H3;3-5H,2H2,1H3;3-4H,1-2H2. The van der Waals surface area contributed by atoms with Crippen molar-refractivity contribution in [2.75, 3.05) is 19.8 Å². The lowest BCUT2D eigenvalue weighted by Crippen LogP contribution is -2.17. The smallest absolute Gasteiger partial charge is 0.0768 e. The maximum Gasteiger partial charge on any atom is 0.0768 e. The number of rotatable bonds is 3. The summed E-state index contributed by atoms with van der Waals surface area (Å²) in [6.07, 6.45) is -1.75. The largest absolute Gasteiger partial charge is 0.394 e. The fraction of sp³-hybridized carbons (Fsp3) is 1.00. The summed E-state index contributed by atoms with van der Waals surface area (Å²) < 4.78 is 0. The third-order valence-electron chi connectivity index (χ3n) is 1.06. The van der Waals surface area contributed by atoms with Crippen LogP contribution < -0.4 is 0 Å². The molecule has 0 rings (SSSR count). The van der Waals surface area contributed by atoms with E-state index in [4.69, 9.17) is 30.6 Å². The van der Waals surface area contributed by atoms with E-state index in [1.54, 1.807) is 13.8 Å². The fourth-order valence-electron chi connectivity index (χ4n) is 0. The van der Waals surface area contributed by atoms with Crippen molar-refractivity contribution < 1.29 is 30.6 Å². The van der Waals surface area contributed by atoms with Crippen LogP contribution >= 0.6 is 0 Å². The van der Waals surface area contributed by atoms with E-state index in [9.17, 15) is 0 Å². The van der Waals surface area contributed by atoms with Gasteiger partial charge in [0.2, 0.25) is 0 Å². The molecule has 3 atom stereocenters. The lowest BCUT2D eigenvalue weighted by Gasteiger charge is -2.03. The van der Waals surface area contributed by atoms with Crippen LogP contribution in [0.3, 0.4) is 0 Å². The van der Waals surface area contributed by atoms with Crippen LogP contribution in [0.15, 0.2) is 0 Å². The van der Waals surface area contributed by atoms with Crippen molar-refractivity contribution in [1.82, 2.24) is 0 Å². The molecule has 0 bridgehead atoms. The Kier molecular flexibility index (Phi) is 21.8. The molecule has 0 aliphatic heterocycles.